The van der Waals surface area contributed by atoms with Gasteiger partial charge in [-0.2, -0.15) is 0 Å². The van der Waals surface area contributed by atoms with Gasteiger partial charge in [0.1, 0.15) is 11.5 Å². The molecular formula is C20H22ClN5O3S. The first-order chi connectivity index (χ1) is 14.5. The topological polar surface area (TPSA) is 90.3 Å². The van der Waals surface area contributed by atoms with Crippen LogP contribution in [0.25, 0.3) is 0 Å². The summed E-state index contributed by atoms with van der Waals surface area (Å²) in [5, 5.41) is 15.8. The van der Waals surface area contributed by atoms with Gasteiger partial charge in [0.25, 0.3) is 0 Å². The molecule has 0 radical (unpaired) electrons. The number of carbonyl (C=O) groups excluding carboxylic acids is 1. The standard InChI is InChI=1S/C20H22ClN5O3S/c1-26-18(11-22-14-6-4-13(21)5-7-14)24-25-20(26)30-12-19(27)23-16-9-8-15(28-2)10-17(16)29-3/h4-10,22H,11-12H2,1-3H3,(H,23,27). The molecule has 2 N–H and O–H groups in total. The molecule has 1 heterocycles. The van der Waals surface area contributed by atoms with Crippen LogP contribution < -0.4 is 20.1 Å². The summed E-state index contributed by atoms with van der Waals surface area (Å²) in [4.78, 5) is 12.4. The molecular weight excluding hydrogens is 426 g/mol. The van der Waals surface area contributed by atoms with Crippen LogP contribution in [0, 0.1) is 0 Å². The summed E-state index contributed by atoms with van der Waals surface area (Å²) in [5.74, 6) is 1.95. The Morgan fingerprint density at radius 2 is 1.90 bits per heavy atom. The van der Waals surface area contributed by atoms with Gasteiger partial charge in [0.05, 0.1) is 32.2 Å². The molecule has 0 aliphatic rings. The predicted molar refractivity (Wildman–Crippen MR) is 119 cm³/mol. The van der Waals surface area contributed by atoms with Crippen LogP contribution in [-0.2, 0) is 18.4 Å². The Labute approximate surface area is 183 Å². The maximum atomic E-state index is 12.4. The van der Waals surface area contributed by atoms with Crippen molar-refractivity contribution in [1.82, 2.24) is 14.8 Å². The van der Waals surface area contributed by atoms with Crippen molar-refractivity contribution >= 4 is 40.6 Å². The number of aromatic nitrogens is 3. The number of methoxy groups -OCH3 is 2. The first kappa shape index (κ1) is 21.8. The zero-order valence-corrected chi connectivity index (χ0v) is 18.4. The van der Waals surface area contributed by atoms with Crippen LogP contribution in [0.15, 0.2) is 47.6 Å². The van der Waals surface area contributed by atoms with Crippen molar-refractivity contribution in [3.63, 3.8) is 0 Å². The highest BCUT2D eigenvalue weighted by molar-refractivity contribution is 7.99. The Bertz CT molecular complexity index is 1010. The SMILES string of the molecule is COc1ccc(NC(=O)CSc2nnc(CNc3ccc(Cl)cc3)n2C)c(OC)c1. The second-order valence-corrected chi connectivity index (χ2v) is 7.60. The number of nitrogens with one attached hydrogen (secondary N) is 2. The highest BCUT2D eigenvalue weighted by atomic mass is 35.5. The lowest BCUT2D eigenvalue weighted by Crippen LogP contribution is -2.15. The number of hydrogen-bond acceptors (Lipinski definition) is 7. The van der Waals surface area contributed by atoms with Gasteiger partial charge >= 0.3 is 0 Å². The molecule has 2 aromatic carbocycles. The molecule has 10 heteroatoms. The molecule has 0 unspecified atom stereocenters. The van der Waals surface area contributed by atoms with Crippen molar-refractivity contribution in [3.05, 3.63) is 53.3 Å². The van der Waals surface area contributed by atoms with E-state index in [0.717, 1.165) is 11.5 Å². The van der Waals surface area contributed by atoms with Crippen LogP contribution in [0.4, 0.5) is 11.4 Å². The van der Waals surface area contributed by atoms with Gasteiger partial charge in [-0.1, -0.05) is 23.4 Å². The fraction of sp³-hybridized carbons (Fsp3) is 0.250. The Balaban J connectivity index is 1.54. The Kier molecular flexibility index (Phi) is 7.42. The van der Waals surface area contributed by atoms with E-state index in [0.29, 0.717) is 33.9 Å². The maximum absolute atomic E-state index is 12.4. The smallest absolute Gasteiger partial charge is 0.234 e. The molecule has 0 atom stereocenters. The van der Waals surface area contributed by atoms with Gasteiger partial charge in [0, 0.05) is 23.8 Å². The molecule has 1 aromatic heterocycles. The van der Waals surface area contributed by atoms with Gasteiger partial charge in [0.2, 0.25) is 5.91 Å². The molecule has 0 aliphatic carbocycles. The first-order valence-corrected chi connectivity index (χ1v) is 10.4. The molecule has 0 aliphatic heterocycles. The minimum absolute atomic E-state index is 0.174. The van der Waals surface area contributed by atoms with Crippen LogP contribution in [0.5, 0.6) is 11.5 Å². The van der Waals surface area contributed by atoms with E-state index >= 15 is 0 Å². The van der Waals surface area contributed by atoms with Crippen molar-refractivity contribution in [2.24, 2.45) is 7.05 Å². The molecule has 3 aromatic rings. The number of hydrogen-bond donors (Lipinski definition) is 2. The Morgan fingerprint density at radius 1 is 1.13 bits per heavy atom. The lowest BCUT2D eigenvalue weighted by Gasteiger charge is -2.11. The number of benzene rings is 2. The summed E-state index contributed by atoms with van der Waals surface area (Å²) in [6, 6.07) is 12.6. The zero-order valence-electron chi connectivity index (χ0n) is 16.8. The van der Waals surface area contributed by atoms with Gasteiger partial charge in [0.15, 0.2) is 11.0 Å². The largest absolute Gasteiger partial charge is 0.497 e. The molecule has 3 rings (SSSR count). The molecule has 1 amide bonds. The fourth-order valence-corrected chi connectivity index (χ4v) is 3.45. The highest BCUT2D eigenvalue weighted by Gasteiger charge is 2.13. The highest BCUT2D eigenvalue weighted by Crippen LogP contribution is 2.29. The predicted octanol–water partition coefficient (Wildman–Crippen LogP) is 3.83. The summed E-state index contributed by atoms with van der Waals surface area (Å²) < 4.78 is 12.3. The molecule has 0 spiro atoms. The molecule has 0 saturated heterocycles. The number of amides is 1. The van der Waals surface area contributed by atoms with E-state index < -0.39 is 0 Å². The maximum Gasteiger partial charge on any atom is 0.234 e. The first-order valence-electron chi connectivity index (χ1n) is 9.02. The third kappa shape index (κ3) is 5.58. The molecule has 0 saturated carbocycles. The Hall–Kier alpha value is -2.91. The second kappa shape index (κ2) is 10.2. The number of rotatable bonds is 9. The minimum atomic E-state index is -0.174. The van der Waals surface area contributed by atoms with E-state index in [4.69, 9.17) is 21.1 Å². The van der Waals surface area contributed by atoms with Gasteiger partial charge < -0.3 is 24.7 Å². The average Bonchev–Trinajstić information content (AvgIpc) is 3.11. The summed E-state index contributed by atoms with van der Waals surface area (Å²) in [6.45, 7) is 0.501. The number of ether oxygens (including phenoxy) is 2. The lowest BCUT2D eigenvalue weighted by atomic mass is 10.2. The quantitative estimate of drug-likeness (QED) is 0.482. The lowest BCUT2D eigenvalue weighted by molar-refractivity contribution is -0.113. The number of carbonyl (C=O) groups is 1. The third-order valence-corrected chi connectivity index (χ3v) is 5.51. The van der Waals surface area contributed by atoms with Crippen LogP contribution in [-0.4, -0.2) is 40.6 Å². The van der Waals surface area contributed by atoms with Crippen molar-refractivity contribution in [2.75, 3.05) is 30.6 Å². The van der Waals surface area contributed by atoms with E-state index in [1.807, 2.05) is 35.9 Å². The van der Waals surface area contributed by atoms with Crippen molar-refractivity contribution < 1.29 is 14.3 Å². The van der Waals surface area contributed by atoms with E-state index in [2.05, 4.69) is 20.8 Å². The van der Waals surface area contributed by atoms with Crippen LogP contribution in [0.1, 0.15) is 5.82 Å². The molecule has 158 valence electrons. The summed E-state index contributed by atoms with van der Waals surface area (Å²) in [6.07, 6.45) is 0. The molecule has 0 fully saturated rings. The van der Waals surface area contributed by atoms with E-state index in [1.54, 1.807) is 32.4 Å². The summed E-state index contributed by atoms with van der Waals surface area (Å²) >= 11 is 7.20. The normalized spacial score (nSPS) is 10.5. The van der Waals surface area contributed by atoms with Crippen LogP contribution >= 0.6 is 23.4 Å². The van der Waals surface area contributed by atoms with Gasteiger partial charge in [-0.15, -0.1) is 10.2 Å². The Morgan fingerprint density at radius 3 is 2.60 bits per heavy atom. The third-order valence-electron chi connectivity index (χ3n) is 4.24. The number of anilines is 2. The van der Waals surface area contributed by atoms with Crippen molar-refractivity contribution in [1.29, 1.82) is 0 Å². The van der Waals surface area contributed by atoms with E-state index in [-0.39, 0.29) is 11.7 Å². The number of thioether (sulfide) groups is 1. The number of nitrogens with zero attached hydrogens (tertiary/aromatic N) is 3. The van der Waals surface area contributed by atoms with Crippen molar-refractivity contribution in [3.8, 4) is 11.5 Å². The van der Waals surface area contributed by atoms with E-state index in [1.165, 1.54) is 11.8 Å². The number of halogens is 1. The molecule has 0 bridgehead atoms. The van der Waals surface area contributed by atoms with Gasteiger partial charge in [-0.3, -0.25) is 4.79 Å². The zero-order chi connectivity index (χ0) is 21.5. The molecule has 30 heavy (non-hydrogen) atoms. The van der Waals surface area contributed by atoms with Crippen molar-refractivity contribution in [2.45, 2.75) is 11.7 Å². The monoisotopic (exact) mass is 447 g/mol. The summed E-state index contributed by atoms with van der Waals surface area (Å²) in [5.41, 5.74) is 1.51. The van der Waals surface area contributed by atoms with Crippen LogP contribution in [0.2, 0.25) is 5.02 Å². The molecule has 8 nitrogen and oxygen atoms in total. The average molecular weight is 448 g/mol. The second-order valence-electron chi connectivity index (χ2n) is 6.22. The van der Waals surface area contributed by atoms with Crippen LogP contribution in [0.3, 0.4) is 0 Å². The van der Waals surface area contributed by atoms with E-state index in [9.17, 15) is 4.79 Å². The van der Waals surface area contributed by atoms with Gasteiger partial charge in [-0.25, -0.2) is 0 Å². The fourth-order valence-electron chi connectivity index (χ4n) is 2.59. The minimum Gasteiger partial charge on any atom is -0.497 e. The summed E-state index contributed by atoms with van der Waals surface area (Å²) in [7, 11) is 4.98. The van der Waals surface area contributed by atoms with Gasteiger partial charge in [-0.05, 0) is 36.4 Å².